The lowest BCUT2D eigenvalue weighted by Crippen LogP contribution is -2.33. The van der Waals surface area contributed by atoms with Crippen molar-refractivity contribution in [1.29, 1.82) is 0 Å². The first kappa shape index (κ1) is 35.1. The van der Waals surface area contributed by atoms with Gasteiger partial charge in [-0.1, -0.05) is 68.4 Å². The van der Waals surface area contributed by atoms with Crippen molar-refractivity contribution in [3.8, 4) is 5.75 Å². The highest BCUT2D eigenvalue weighted by molar-refractivity contribution is 7.90. The maximum Gasteiger partial charge on any atom is 0.417 e. The number of ether oxygens (including phenoxy) is 1. The number of rotatable bonds is 13. The smallest absolute Gasteiger partial charge is 0.417 e. The van der Waals surface area contributed by atoms with E-state index >= 15 is 0 Å². The lowest BCUT2D eigenvalue weighted by Gasteiger charge is -2.22. The summed E-state index contributed by atoms with van der Waals surface area (Å²) in [6, 6.07) is 22.9. The van der Waals surface area contributed by atoms with Crippen molar-refractivity contribution < 1.29 is 40.3 Å². The van der Waals surface area contributed by atoms with Gasteiger partial charge < -0.3 is 10.1 Å². The molecule has 4 aromatic carbocycles. The molecule has 2 amide bonds. The molecule has 0 fully saturated rings. The largest absolute Gasteiger partial charge is 0.489 e. The Morgan fingerprint density at radius 2 is 1.53 bits per heavy atom. The standard InChI is InChI=1S/C35H34F4N2O5S/c1-23(2)20-31(26-14-17-27(36)18-15-26)40-34(43)29-21-24(22-46-28-8-4-3-5-9-28)12-13-25(29)16-19-33(42)41-47(44,45)32-11-7-6-10-30(32)35(37,38)39/h3-15,17-18,21,23,31H,16,19-20,22H2,1-2H3,(H,40,43)(H,41,42). The molecule has 4 aromatic rings. The minimum Gasteiger partial charge on any atom is -0.489 e. The summed E-state index contributed by atoms with van der Waals surface area (Å²) in [7, 11) is -4.85. The molecule has 0 spiro atoms. The van der Waals surface area contributed by atoms with Gasteiger partial charge in [0.15, 0.2) is 0 Å². The predicted octanol–water partition coefficient (Wildman–Crippen LogP) is 7.38. The Kier molecular flexibility index (Phi) is 11.4. The molecule has 0 bridgehead atoms. The van der Waals surface area contributed by atoms with Crippen LogP contribution >= 0.6 is 0 Å². The molecule has 1 atom stereocenters. The molecule has 0 aromatic heterocycles. The quantitative estimate of drug-likeness (QED) is 0.145. The van der Waals surface area contributed by atoms with E-state index in [1.807, 2.05) is 32.0 Å². The van der Waals surface area contributed by atoms with Gasteiger partial charge in [-0.3, -0.25) is 9.59 Å². The zero-order valence-corrected chi connectivity index (χ0v) is 26.5. The van der Waals surface area contributed by atoms with Crippen LogP contribution in [0, 0.1) is 11.7 Å². The van der Waals surface area contributed by atoms with E-state index in [2.05, 4.69) is 5.32 Å². The lowest BCUT2D eigenvalue weighted by molar-refractivity contribution is -0.140. The van der Waals surface area contributed by atoms with Gasteiger partial charge in [0.2, 0.25) is 5.91 Å². The van der Waals surface area contributed by atoms with E-state index in [1.165, 1.54) is 12.1 Å². The topological polar surface area (TPSA) is 102 Å². The SMILES string of the molecule is CC(C)CC(NC(=O)c1cc(COc2ccccc2)ccc1CCC(=O)NS(=O)(=O)c1ccccc1C(F)(F)F)c1ccc(F)cc1. The number of carbonyl (C=O) groups is 2. The van der Waals surface area contributed by atoms with Crippen molar-refractivity contribution in [3.05, 3.63) is 131 Å². The van der Waals surface area contributed by atoms with Crippen molar-refractivity contribution >= 4 is 21.8 Å². The van der Waals surface area contributed by atoms with E-state index in [9.17, 15) is 35.6 Å². The molecule has 0 aliphatic heterocycles. The van der Waals surface area contributed by atoms with Crippen LogP contribution in [-0.4, -0.2) is 20.2 Å². The Balaban J connectivity index is 1.57. The summed E-state index contributed by atoms with van der Waals surface area (Å²) in [5.74, 6) is -1.17. The maximum absolute atomic E-state index is 13.8. The molecule has 47 heavy (non-hydrogen) atoms. The summed E-state index contributed by atoms with van der Waals surface area (Å²) in [5, 5.41) is 3.00. The highest BCUT2D eigenvalue weighted by Gasteiger charge is 2.37. The number of aryl methyl sites for hydroxylation is 1. The van der Waals surface area contributed by atoms with E-state index in [4.69, 9.17) is 4.74 Å². The number of hydrogen-bond donors (Lipinski definition) is 2. The Morgan fingerprint density at radius 1 is 0.872 bits per heavy atom. The molecule has 1 unspecified atom stereocenters. The van der Waals surface area contributed by atoms with Gasteiger partial charge in [0.05, 0.1) is 16.5 Å². The Bertz CT molecular complexity index is 1800. The highest BCUT2D eigenvalue weighted by Crippen LogP contribution is 2.34. The third kappa shape index (κ3) is 9.89. The molecule has 12 heteroatoms. The van der Waals surface area contributed by atoms with E-state index in [1.54, 1.807) is 47.2 Å². The molecule has 0 aliphatic rings. The third-order valence-electron chi connectivity index (χ3n) is 7.20. The van der Waals surface area contributed by atoms with Crippen LogP contribution in [0.1, 0.15) is 65.3 Å². The minimum atomic E-state index is -4.95. The molecule has 0 radical (unpaired) electrons. The van der Waals surface area contributed by atoms with Gasteiger partial charge in [0, 0.05) is 12.0 Å². The Hall–Kier alpha value is -4.71. The van der Waals surface area contributed by atoms with Crippen LogP contribution in [0.25, 0.3) is 0 Å². The summed E-state index contributed by atoms with van der Waals surface area (Å²) in [5.41, 5.74) is 0.539. The maximum atomic E-state index is 13.8. The predicted molar refractivity (Wildman–Crippen MR) is 168 cm³/mol. The number of amides is 2. The summed E-state index contributed by atoms with van der Waals surface area (Å²) >= 11 is 0. The average Bonchev–Trinajstić information content (AvgIpc) is 3.02. The first-order valence-electron chi connectivity index (χ1n) is 14.8. The molecular formula is C35H34F4N2O5S. The van der Waals surface area contributed by atoms with Crippen molar-refractivity contribution in [2.75, 3.05) is 0 Å². The van der Waals surface area contributed by atoms with Crippen molar-refractivity contribution in [2.45, 2.75) is 56.8 Å². The van der Waals surface area contributed by atoms with Gasteiger partial charge >= 0.3 is 6.18 Å². The lowest BCUT2D eigenvalue weighted by atomic mass is 9.95. The number of para-hydroxylation sites is 1. The fourth-order valence-electron chi connectivity index (χ4n) is 4.95. The molecule has 0 aliphatic carbocycles. The van der Waals surface area contributed by atoms with E-state index in [-0.39, 0.29) is 24.5 Å². The number of alkyl halides is 3. The summed E-state index contributed by atoms with van der Waals surface area (Å²) in [6.07, 6.45) is -4.95. The number of nitrogens with one attached hydrogen (secondary N) is 2. The van der Waals surface area contributed by atoms with E-state index in [0.29, 0.717) is 34.9 Å². The zero-order chi connectivity index (χ0) is 34.2. The van der Waals surface area contributed by atoms with E-state index in [0.717, 1.165) is 18.2 Å². The zero-order valence-electron chi connectivity index (χ0n) is 25.7. The van der Waals surface area contributed by atoms with Crippen LogP contribution in [0.4, 0.5) is 17.6 Å². The average molecular weight is 671 g/mol. The van der Waals surface area contributed by atoms with Gasteiger partial charge in [-0.05, 0) is 77.9 Å². The number of halogens is 4. The van der Waals surface area contributed by atoms with Crippen LogP contribution in [-0.2, 0) is 34.0 Å². The summed E-state index contributed by atoms with van der Waals surface area (Å²) < 4.78 is 87.0. The van der Waals surface area contributed by atoms with Crippen LogP contribution < -0.4 is 14.8 Å². The molecule has 2 N–H and O–H groups in total. The van der Waals surface area contributed by atoms with Crippen LogP contribution in [0.3, 0.4) is 0 Å². The second-order valence-electron chi connectivity index (χ2n) is 11.3. The Morgan fingerprint density at radius 3 is 2.19 bits per heavy atom. The minimum absolute atomic E-state index is 0.101. The van der Waals surface area contributed by atoms with Crippen LogP contribution in [0.5, 0.6) is 5.75 Å². The number of sulfonamides is 1. The molecular weight excluding hydrogens is 636 g/mol. The van der Waals surface area contributed by atoms with Gasteiger partial charge in [-0.25, -0.2) is 17.5 Å². The number of carbonyl (C=O) groups excluding carboxylic acids is 2. The van der Waals surface area contributed by atoms with Gasteiger partial charge in [0.1, 0.15) is 18.2 Å². The fourth-order valence-corrected chi connectivity index (χ4v) is 6.19. The summed E-state index contributed by atoms with van der Waals surface area (Å²) in [4.78, 5) is 25.5. The monoisotopic (exact) mass is 670 g/mol. The van der Waals surface area contributed by atoms with Crippen molar-refractivity contribution in [3.63, 3.8) is 0 Å². The Labute approximate surface area is 271 Å². The van der Waals surface area contributed by atoms with Crippen LogP contribution in [0.2, 0.25) is 0 Å². The first-order valence-corrected chi connectivity index (χ1v) is 16.3. The van der Waals surface area contributed by atoms with Gasteiger partial charge in [-0.2, -0.15) is 13.2 Å². The van der Waals surface area contributed by atoms with Crippen LogP contribution in [0.15, 0.2) is 102 Å². The molecule has 0 heterocycles. The number of benzene rings is 4. The normalized spacial score (nSPS) is 12.4. The molecule has 248 valence electrons. The van der Waals surface area contributed by atoms with Crippen molar-refractivity contribution in [2.24, 2.45) is 5.92 Å². The second-order valence-corrected chi connectivity index (χ2v) is 13.0. The fraction of sp³-hybridized carbons (Fsp3) is 0.257. The second kappa shape index (κ2) is 15.3. The molecule has 0 saturated heterocycles. The van der Waals surface area contributed by atoms with Gasteiger partial charge in [0.25, 0.3) is 15.9 Å². The number of hydrogen-bond acceptors (Lipinski definition) is 5. The molecule has 4 rings (SSSR count). The van der Waals surface area contributed by atoms with Crippen molar-refractivity contribution in [1.82, 2.24) is 10.0 Å². The van der Waals surface area contributed by atoms with Gasteiger partial charge in [-0.15, -0.1) is 0 Å². The van der Waals surface area contributed by atoms with E-state index < -0.39 is 56.8 Å². The highest BCUT2D eigenvalue weighted by atomic mass is 32.2. The summed E-state index contributed by atoms with van der Waals surface area (Å²) in [6.45, 7) is 4.08. The molecule has 0 saturated carbocycles. The first-order chi connectivity index (χ1) is 22.2. The third-order valence-corrected chi connectivity index (χ3v) is 8.64. The molecule has 7 nitrogen and oxygen atoms in total.